The van der Waals surface area contributed by atoms with Gasteiger partial charge in [0.2, 0.25) is 5.91 Å². The number of phosphoric acid groups is 1. The molecule has 0 aromatic carbocycles. The van der Waals surface area contributed by atoms with Crippen LogP contribution in [0.4, 0.5) is 0 Å². The Kier molecular flexibility index (Phi) is 40.5. The fourth-order valence-electron chi connectivity index (χ4n) is 6.13. The summed E-state index contributed by atoms with van der Waals surface area (Å²) in [5, 5.41) is 13.6. The van der Waals surface area contributed by atoms with Gasteiger partial charge < -0.3 is 21.1 Å². The van der Waals surface area contributed by atoms with E-state index in [1.165, 1.54) is 122 Å². The van der Waals surface area contributed by atoms with E-state index in [1.807, 2.05) is 6.08 Å². The molecular weight excluding hydrogens is 707 g/mol. The lowest BCUT2D eigenvalue weighted by Crippen LogP contribution is -2.45. The number of unbranched alkanes of at least 4 members (excludes halogenated alkanes) is 21. The van der Waals surface area contributed by atoms with Crippen LogP contribution in [-0.2, 0) is 18.4 Å². The number of nitrogens with two attached hydrogens (primary N) is 1. The van der Waals surface area contributed by atoms with Crippen LogP contribution in [0.1, 0.15) is 194 Å². The molecule has 0 aliphatic rings. The molecule has 0 radical (unpaired) electrons. The van der Waals surface area contributed by atoms with Crippen LogP contribution in [0.5, 0.6) is 0 Å². The summed E-state index contributed by atoms with van der Waals surface area (Å²) in [5.41, 5.74) is 5.37. The fraction of sp³-hybridized carbons (Fsp3) is 0.761. The maximum atomic E-state index is 12.8. The fourth-order valence-corrected chi connectivity index (χ4v) is 6.89. The minimum absolute atomic E-state index is 0.0689. The van der Waals surface area contributed by atoms with E-state index < -0.39 is 20.0 Å². The predicted octanol–water partition coefficient (Wildman–Crippen LogP) is 12.7. The third-order valence-corrected chi connectivity index (χ3v) is 10.5. The predicted molar refractivity (Wildman–Crippen MR) is 235 cm³/mol. The number of carbonyl (C=O) groups excluding carboxylic acids is 1. The van der Waals surface area contributed by atoms with Gasteiger partial charge in [-0.1, -0.05) is 171 Å². The Hall–Kier alpha value is -1.80. The van der Waals surface area contributed by atoms with Gasteiger partial charge in [-0.3, -0.25) is 13.8 Å². The van der Waals surface area contributed by atoms with Crippen molar-refractivity contribution in [3.63, 3.8) is 0 Å². The van der Waals surface area contributed by atoms with Crippen LogP contribution in [0.25, 0.3) is 0 Å². The van der Waals surface area contributed by atoms with Gasteiger partial charge in [0.05, 0.1) is 25.4 Å². The molecule has 1 amide bonds. The molecule has 3 unspecified atom stereocenters. The lowest BCUT2D eigenvalue weighted by atomic mass is 10.1. The van der Waals surface area contributed by atoms with Crippen LogP contribution in [-0.4, -0.2) is 47.8 Å². The van der Waals surface area contributed by atoms with Gasteiger partial charge in [0.25, 0.3) is 0 Å². The maximum Gasteiger partial charge on any atom is 0.472 e. The second kappa shape index (κ2) is 41.8. The zero-order chi connectivity index (χ0) is 40.3. The van der Waals surface area contributed by atoms with Crippen molar-refractivity contribution in [3.8, 4) is 0 Å². The monoisotopic (exact) mass is 793 g/mol. The molecular formula is C46H85N2O6P. The quantitative estimate of drug-likeness (QED) is 0.0275. The Morgan fingerprint density at radius 1 is 0.600 bits per heavy atom. The van der Waals surface area contributed by atoms with E-state index in [4.69, 9.17) is 14.8 Å². The van der Waals surface area contributed by atoms with Gasteiger partial charge in [0.1, 0.15) is 0 Å². The SMILES string of the molecule is CCCCCCC/C=C\C/C=C\CCCCCCCCCCCC(=O)NC(COP(=O)(O)OCCN)C(O)/C=C/CC/C=C/CC/C=C/CCCCCCC. The van der Waals surface area contributed by atoms with E-state index in [1.54, 1.807) is 6.08 Å². The number of amides is 1. The van der Waals surface area contributed by atoms with Crippen molar-refractivity contribution in [1.29, 1.82) is 0 Å². The lowest BCUT2D eigenvalue weighted by molar-refractivity contribution is -0.123. The summed E-state index contributed by atoms with van der Waals surface area (Å²) >= 11 is 0. The van der Waals surface area contributed by atoms with Crippen LogP contribution in [0.3, 0.4) is 0 Å². The molecule has 0 aromatic heterocycles. The summed E-state index contributed by atoms with van der Waals surface area (Å²) in [5.74, 6) is -0.215. The van der Waals surface area contributed by atoms with Crippen molar-refractivity contribution in [2.75, 3.05) is 19.8 Å². The van der Waals surface area contributed by atoms with Crippen LogP contribution in [0.2, 0.25) is 0 Å². The molecule has 5 N–H and O–H groups in total. The van der Waals surface area contributed by atoms with Gasteiger partial charge in [-0.25, -0.2) is 4.57 Å². The Bertz CT molecular complexity index is 1040. The van der Waals surface area contributed by atoms with Gasteiger partial charge in [-0.2, -0.15) is 0 Å². The highest BCUT2D eigenvalue weighted by Crippen LogP contribution is 2.43. The summed E-state index contributed by atoms with van der Waals surface area (Å²) in [6.07, 6.45) is 52.7. The van der Waals surface area contributed by atoms with Crippen LogP contribution in [0.15, 0.2) is 60.8 Å². The van der Waals surface area contributed by atoms with Gasteiger partial charge >= 0.3 is 7.82 Å². The number of carbonyl (C=O) groups is 1. The van der Waals surface area contributed by atoms with Crippen molar-refractivity contribution in [1.82, 2.24) is 5.32 Å². The van der Waals surface area contributed by atoms with E-state index in [9.17, 15) is 19.4 Å². The zero-order valence-electron chi connectivity index (χ0n) is 35.4. The molecule has 0 saturated heterocycles. The second-order valence-corrected chi connectivity index (χ2v) is 16.3. The third kappa shape index (κ3) is 40.2. The molecule has 0 spiro atoms. The number of allylic oxidation sites excluding steroid dienone is 9. The Morgan fingerprint density at radius 3 is 1.51 bits per heavy atom. The highest BCUT2D eigenvalue weighted by atomic mass is 31.2. The van der Waals surface area contributed by atoms with Crippen molar-refractivity contribution < 1.29 is 28.4 Å². The van der Waals surface area contributed by atoms with Crippen molar-refractivity contribution in [2.24, 2.45) is 5.73 Å². The van der Waals surface area contributed by atoms with E-state index >= 15 is 0 Å². The largest absolute Gasteiger partial charge is 0.472 e. The van der Waals surface area contributed by atoms with Gasteiger partial charge in [0, 0.05) is 13.0 Å². The van der Waals surface area contributed by atoms with Gasteiger partial charge in [-0.15, -0.1) is 0 Å². The number of nitrogens with one attached hydrogen (secondary N) is 1. The molecule has 8 nitrogen and oxygen atoms in total. The average Bonchev–Trinajstić information content (AvgIpc) is 3.17. The average molecular weight is 793 g/mol. The summed E-state index contributed by atoms with van der Waals surface area (Å²) in [6.45, 7) is 4.07. The Morgan fingerprint density at radius 2 is 1.02 bits per heavy atom. The zero-order valence-corrected chi connectivity index (χ0v) is 36.3. The van der Waals surface area contributed by atoms with Crippen LogP contribution < -0.4 is 11.1 Å². The Balaban J connectivity index is 4.25. The van der Waals surface area contributed by atoms with E-state index in [0.717, 1.165) is 51.4 Å². The maximum absolute atomic E-state index is 12.8. The smallest absolute Gasteiger partial charge is 0.387 e. The second-order valence-electron chi connectivity index (χ2n) is 14.9. The molecule has 9 heteroatoms. The van der Waals surface area contributed by atoms with Crippen molar-refractivity contribution in [2.45, 2.75) is 206 Å². The molecule has 320 valence electrons. The first-order valence-corrected chi connectivity index (χ1v) is 23.9. The number of rotatable bonds is 41. The number of phosphoric ester groups is 1. The van der Waals surface area contributed by atoms with Gasteiger partial charge in [0.15, 0.2) is 0 Å². The molecule has 3 atom stereocenters. The molecule has 0 aliphatic carbocycles. The molecule has 0 rings (SSSR count). The summed E-state index contributed by atoms with van der Waals surface area (Å²) in [6, 6.07) is -0.887. The van der Waals surface area contributed by atoms with E-state index in [2.05, 4.69) is 67.8 Å². The molecule has 0 aromatic rings. The van der Waals surface area contributed by atoms with E-state index in [0.29, 0.717) is 6.42 Å². The molecule has 0 fully saturated rings. The van der Waals surface area contributed by atoms with Crippen LogP contribution >= 0.6 is 7.82 Å². The normalized spacial score (nSPS) is 14.6. The highest BCUT2D eigenvalue weighted by molar-refractivity contribution is 7.47. The molecule has 0 aliphatic heterocycles. The van der Waals surface area contributed by atoms with Gasteiger partial charge in [-0.05, 0) is 77.0 Å². The minimum atomic E-state index is -4.35. The number of aliphatic hydroxyl groups excluding tert-OH is 1. The lowest BCUT2D eigenvalue weighted by Gasteiger charge is -2.23. The number of hydrogen-bond donors (Lipinski definition) is 4. The first-order valence-electron chi connectivity index (χ1n) is 22.4. The molecule has 0 heterocycles. The van der Waals surface area contributed by atoms with Crippen molar-refractivity contribution in [3.05, 3.63) is 60.8 Å². The molecule has 55 heavy (non-hydrogen) atoms. The summed E-state index contributed by atoms with van der Waals surface area (Å²) < 4.78 is 22.1. The number of aliphatic hydroxyl groups is 1. The number of hydrogen-bond acceptors (Lipinski definition) is 6. The van der Waals surface area contributed by atoms with Crippen LogP contribution in [0, 0.1) is 0 Å². The van der Waals surface area contributed by atoms with Crippen molar-refractivity contribution >= 4 is 13.7 Å². The highest BCUT2D eigenvalue weighted by Gasteiger charge is 2.26. The molecule has 0 saturated carbocycles. The third-order valence-electron chi connectivity index (χ3n) is 9.54. The first kappa shape index (κ1) is 53.2. The first-order chi connectivity index (χ1) is 26.9. The minimum Gasteiger partial charge on any atom is -0.387 e. The van der Waals surface area contributed by atoms with E-state index in [-0.39, 0.29) is 25.7 Å². The standard InChI is InChI=1S/C46H85N2O6P/c1-3-5-7-9-11-13-15-17-19-20-21-22-23-24-26-28-30-32-34-36-38-40-46(50)48-44(43-54-55(51,52)53-42-41-47)45(49)39-37-35-33-31-29-27-25-18-16-14-12-10-8-6-4-2/h15-18,20-21,29,31,37,39,44-45,49H,3-14,19,22-28,30,32-36,38,40-43,47H2,1-2H3,(H,48,50)(H,51,52)/b17-15-,18-16+,21-20-,31-29+,39-37+. The molecule has 0 bridgehead atoms. The Labute approximate surface area is 338 Å². The summed E-state index contributed by atoms with van der Waals surface area (Å²) in [4.78, 5) is 22.7. The summed E-state index contributed by atoms with van der Waals surface area (Å²) in [7, 11) is -4.35. The topological polar surface area (TPSA) is 131 Å².